The first-order valence-electron chi connectivity index (χ1n) is 6.33. The topological polar surface area (TPSA) is 15.7 Å². The van der Waals surface area contributed by atoms with E-state index in [4.69, 9.17) is 4.74 Å². The molecular weight excluding hydrogens is 188 g/mol. The zero-order valence-electron chi connectivity index (χ0n) is 10.1. The lowest BCUT2D eigenvalue weighted by Gasteiger charge is -2.41. The SMILES string of the molecule is CC(C)N1CCN(C2CCCOC2)CC1. The van der Waals surface area contributed by atoms with Crippen LogP contribution in [0.15, 0.2) is 0 Å². The lowest BCUT2D eigenvalue weighted by Crippen LogP contribution is -2.53. The summed E-state index contributed by atoms with van der Waals surface area (Å²) in [4.78, 5) is 5.19. The van der Waals surface area contributed by atoms with Gasteiger partial charge in [0.05, 0.1) is 6.61 Å². The molecule has 0 saturated carbocycles. The minimum atomic E-state index is 0.702. The fourth-order valence-electron chi connectivity index (χ4n) is 2.63. The molecule has 88 valence electrons. The van der Waals surface area contributed by atoms with E-state index in [1.165, 1.54) is 39.0 Å². The smallest absolute Gasteiger partial charge is 0.0621 e. The molecule has 0 N–H and O–H groups in total. The highest BCUT2D eigenvalue weighted by molar-refractivity contribution is 4.81. The van der Waals surface area contributed by atoms with Crippen molar-refractivity contribution in [2.45, 2.75) is 38.8 Å². The minimum Gasteiger partial charge on any atom is -0.380 e. The molecule has 1 unspecified atom stereocenters. The van der Waals surface area contributed by atoms with Crippen LogP contribution < -0.4 is 0 Å². The van der Waals surface area contributed by atoms with Gasteiger partial charge in [0.25, 0.3) is 0 Å². The Morgan fingerprint density at radius 1 is 1.13 bits per heavy atom. The van der Waals surface area contributed by atoms with Crippen molar-refractivity contribution in [2.75, 3.05) is 39.4 Å². The Morgan fingerprint density at radius 3 is 2.40 bits per heavy atom. The van der Waals surface area contributed by atoms with Gasteiger partial charge in [0.1, 0.15) is 0 Å². The summed E-state index contributed by atoms with van der Waals surface area (Å²) in [5.74, 6) is 0. The first-order chi connectivity index (χ1) is 7.27. The van der Waals surface area contributed by atoms with E-state index in [2.05, 4.69) is 23.6 Å². The summed E-state index contributed by atoms with van der Waals surface area (Å²) in [6, 6.07) is 1.41. The molecular formula is C12H24N2O. The van der Waals surface area contributed by atoms with Crippen molar-refractivity contribution >= 4 is 0 Å². The summed E-state index contributed by atoms with van der Waals surface area (Å²) in [5, 5.41) is 0. The molecule has 0 aromatic rings. The predicted molar refractivity (Wildman–Crippen MR) is 62.1 cm³/mol. The highest BCUT2D eigenvalue weighted by Crippen LogP contribution is 2.16. The average molecular weight is 212 g/mol. The van der Waals surface area contributed by atoms with E-state index < -0.39 is 0 Å². The molecule has 0 aromatic carbocycles. The number of ether oxygens (including phenoxy) is 1. The van der Waals surface area contributed by atoms with Gasteiger partial charge in [-0.15, -0.1) is 0 Å². The first kappa shape index (κ1) is 11.4. The first-order valence-corrected chi connectivity index (χ1v) is 6.33. The molecule has 0 aromatic heterocycles. The summed E-state index contributed by atoms with van der Waals surface area (Å²) in [5.41, 5.74) is 0. The van der Waals surface area contributed by atoms with Crippen molar-refractivity contribution in [3.63, 3.8) is 0 Å². The molecule has 3 heteroatoms. The molecule has 0 amide bonds. The normalized spacial score (nSPS) is 31.0. The highest BCUT2D eigenvalue weighted by atomic mass is 16.5. The molecule has 2 fully saturated rings. The Labute approximate surface area is 93.4 Å². The van der Waals surface area contributed by atoms with E-state index in [9.17, 15) is 0 Å². The van der Waals surface area contributed by atoms with Crippen LogP contribution >= 0.6 is 0 Å². The third-order valence-electron chi connectivity index (χ3n) is 3.73. The van der Waals surface area contributed by atoms with Gasteiger partial charge in [0, 0.05) is 44.9 Å². The van der Waals surface area contributed by atoms with Crippen molar-refractivity contribution in [3.05, 3.63) is 0 Å². The number of hydrogen-bond donors (Lipinski definition) is 0. The second kappa shape index (κ2) is 5.28. The monoisotopic (exact) mass is 212 g/mol. The molecule has 0 radical (unpaired) electrons. The van der Waals surface area contributed by atoms with Gasteiger partial charge in [-0.25, -0.2) is 0 Å². The van der Waals surface area contributed by atoms with E-state index in [-0.39, 0.29) is 0 Å². The number of hydrogen-bond acceptors (Lipinski definition) is 3. The van der Waals surface area contributed by atoms with Crippen LogP contribution in [0.5, 0.6) is 0 Å². The number of nitrogens with zero attached hydrogens (tertiary/aromatic N) is 2. The quantitative estimate of drug-likeness (QED) is 0.684. The molecule has 3 nitrogen and oxygen atoms in total. The van der Waals surface area contributed by atoms with Gasteiger partial charge >= 0.3 is 0 Å². The van der Waals surface area contributed by atoms with Crippen LogP contribution in [0.2, 0.25) is 0 Å². The molecule has 0 spiro atoms. The van der Waals surface area contributed by atoms with Crippen LogP contribution in [0.4, 0.5) is 0 Å². The van der Waals surface area contributed by atoms with Gasteiger partial charge in [-0.1, -0.05) is 0 Å². The van der Waals surface area contributed by atoms with Crippen molar-refractivity contribution in [2.24, 2.45) is 0 Å². The maximum atomic E-state index is 5.55. The van der Waals surface area contributed by atoms with Gasteiger partial charge in [0.15, 0.2) is 0 Å². The standard InChI is InChI=1S/C12H24N2O/c1-11(2)13-5-7-14(8-6-13)12-4-3-9-15-10-12/h11-12H,3-10H2,1-2H3. The van der Waals surface area contributed by atoms with Gasteiger partial charge in [-0.2, -0.15) is 0 Å². The van der Waals surface area contributed by atoms with Crippen molar-refractivity contribution < 1.29 is 4.74 Å². The molecule has 2 heterocycles. The molecule has 1 atom stereocenters. The number of rotatable bonds is 2. The van der Waals surface area contributed by atoms with Gasteiger partial charge in [0.2, 0.25) is 0 Å². The Kier molecular flexibility index (Phi) is 4.00. The average Bonchev–Trinajstić information content (AvgIpc) is 2.30. The van der Waals surface area contributed by atoms with E-state index in [1.54, 1.807) is 0 Å². The zero-order chi connectivity index (χ0) is 10.7. The van der Waals surface area contributed by atoms with Gasteiger partial charge in [-0.05, 0) is 26.7 Å². The zero-order valence-corrected chi connectivity index (χ0v) is 10.1. The van der Waals surface area contributed by atoms with Crippen molar-refractivity contribution in [1.82, 2.24) is 9.80 Å². The van der Waals surface area contributed by atoms with Crippen LogP contribution in [-0.2, 0) is 4.74 Å². The Morgan fingerprint density at radius 2 is 1.87 bits per heavy atom. The summed E-state index contributed by atoms with van der Waals surface area (Å²) < 4.78 is 5.55. The van der Waals surface area contributed by atoms with Crippen LogP contribution in [0.1, 0.15) is 26.7 Å². The molecule has 2 aliphatic heterocycles. The third kappa shape index (κ3) is 2.92. The van der Waals surface area contributed by atoms with Crippen LogP contribution in [-0.4, -0.2) is 61.3 Å². The molecule has 2 saturated heterocycles. The summed E-state index contributed by atoms with van der Waals surface area (Å²) in [7, 11) is 0. The highest BCUT2D eigenvalue weighted by Gasteiger charge is 2.26. The van der Waals surface area contributed by atoms with E-state index in [0.717, 1.165) is 13.2 Å². The predicted octanol–water partition coefficient (Wildman–Crippen LogP) is 1.19. The fourth-order valence-corrected chi connectivity index (χ4v) is 2.63. The van der Waals surface area contributed by atoms with Crippen molar-refractivity contribution in [1.29, 1.82) is 0 Å². The number of piperazine rings is 1. The summed E-state index contributed by atoms with van der Waals surface area (Å²) in [6.07, 6.45) is 2.58. The molecule has 2 rings (SSSR count). The van der Waals surface area contributed by atoms with Gasteiger partial charge in [-0.3, -0.25) is 9.80 Å². The Hall–Kier alpha value is -0.120. The van der Waals surface area contributed by atoms with Crippen LogP contribution in [0.25, 0.3) is 0 Å². The molecule has 0 aliphatic carbocycles. The van der Waals surface area contributed by atoms with Crippen molar-refractivity contribution in [3.8, 4) is 0 Å². The largest absolute Gasteiger partial charge is 0.380 e. The molecule has 2 aliphatic rings. The molecule has 15 heavy (non-hydrogen) atoms. The van der Waals surface area contributed by atoms with E-state index >= 15 is 0 Å². The maximum Gasteiger partial charge on any atom is 0.0621 e. The fraction of sp³-hybridized carbons (Fsp3) is 1.00. The molecule has 0 bridgehead atoms. The van der Waals surface area contributed by atoms with Crippen LogP contribution in [0, 0.1) is 0 Å². The summed E-state index contributed by atoms with van der Waals surface area (Å²) >= 11 is 0. The van der Waals surface area contributed by atoms with E-state index in [1.807, 2.05) is 0 Å². The summed E-state index contributed by atoms with van der Waals surface area (Å²) in [6.45, 7) is 11.4. The van der Waals surface area contributed by atoms with Crippen LogP contribution in [0.3, 0.4) is 0 Å². The Balaban J connectivity index is 1.77. The maximum absolute atomic E-state index is 5.55. The second-order valence-electron chi connectivity index (χ2n) is 5.04. The second-order valence-corrected chi connectivity index (χ2v) is 5.04. The third-order valence-corrected chi connectivity index (χ3v) is 3.73. The van der Waals surface area contributed by atoms with E-state index in [0.29, 0.717) is 12.1 Å². The lowest BCUT2D eigenvalue weighted by atomic mass is 10.1. The Bertz CT molecular complexity index is 182. The van der Waals surface area contributed by atoms with Gasteiger partial charge < -0.3 is 4.74 Å². The lowest BCUT2D eigenvalue weighted by molar-refractivity contribution is -0.00568. The minimum absolute atomic E-state index is 0.702.